The summed E-state index contributed by atoms with van der Waals surface area (Å²) in [4.78, 5) is 23.4. The van der Waals surface area contributed by atoms with Crippen molar-refractivity contribution in [1.29, 1.82) is 0 Å². The number of benzene rings is 1. The van der Waals surface area contributed by atoms with Crippen LogP contribution >= 0.6 is 15.9 Å². The molecule has 0 unspecified atom stereocenters. The zero-order valence-corrected chi connectivity index (χ0v) is 12.6. The molecule has 3 N–H and O–H groups in total. The molecular weight excluding hydrogens is 342 g/mol. The Bertz CT molecular complexity index is 647. The lowest BCUT2D eigenvalue weighted by atomic mass is 10.2. The number of carbonyl (C=O) groups excluding carboxylic acids is 2. The van der Waals surface area contributed by atoms with Crippen molar-refractivity contribution in [1.82, 2.24) is 5.16 Å². The van der Waals surface area contributed by atoms with Crippen LogP contribution in [0.4, 0.5) is 11.6 Å². The topological polar surface area (TPSA) is 107 Å². The van der Waals surface area contributed by atoms with Crippen LogP contribution in [-0.4, -0.2) is 23.6 Å². The number of rotatable bonds is 4. The monoisotopic (exact) mass is 353 g/mol. The maximum atomic E-state index is 11.8. The van der Waals surface area contributed by atoms with E-state index in [9.17, 15) is 9.59 Å². The third-order valence-corrected chi connectivity index (χ3v) is 3.08. The van der Waals surface area contributed by atoms with Crippen LogP contribution in [0, 0.1) is 6.92 Å². The lowest BCUT2D eigenvalue weighted by Crippen LogP contribution is -2.21. The van der Waals surface area contributed by atoms with Crippen molar-refractivity contribution in [3.8, 4) is 0 Å². The van der Waals surface area contributed by atoms with E-state index in [1.54, 1.807) is 31.2 Å². The van der Waals surface area contributed by atoms with Crippen molar-refractivity contribution in [2.75, 3.05) is 17.7 Å². The van der Waals surface area contributed by atoms with Crippen LogP contribution in [0.2, 0.25) is 0 Å². The molecule has 110 valence electrons. The predicted molar refractivity (Wildman–Crippen MR) is 78.7 cm³/mol. The van der Waals surface area contributed by atoms with Gasteiger partial charge in [0.25, 0.3) is 5.91 Å². The van der Waals surface area contributed by atoms with E-state index >= 15 is 0 Å². The molecule has 0 aliphatic heterocycles. The van der Waals surface area contributed by atoms with Crippen LogP contribution in [0.3, 0.4) is 0 Å². The predicted octanol–water partition coefficient (Wildman–Crippen LogP) is 2.12. The highest BCUT2D eigenvalue weighted by atomic mass is 79.9. The van der Waals surface area contributed by atoms with E-state index in [0.29, 0.717) is 11.4 Å². The van der Waals surface area contributed by atoms with E-state index < -0.39 is 18.5 Å². The smallest absolute Gasteiger partial charge is 0.346 e. The minimum absolute atomic E-state index is 0.0337. The highest BCUT2D eigenvalue weighted by Gasteiger charge is 2.20. The van der Waals surface area contributed by atoms with Crippen molar-refractivity contribution in [3.05, 3.63) is 40.0 Å². The lowest BCUT2D eigenvalue weighted by molar-refractivity contribution is -0.119. The van der Waals surface area contributed by atoms with Crippen LogP contribution in [0.1, 0.15) is 16.1 Å². The molecule has 0 bridgehead atoms. The van der Waals surface area contributed by atoms with Gasteiger partial charge in [-0.05, 0) is 31.2 Å². The number of ether oxygens (including phenoxy) is 1. The Morgan fingerprint density at radius 2 is 2.05 bits per heavy atom. The first kappa shape index (κ1) is 15.0. The molecule has 0 saturated carbocycles. The maximum Gasteiger partial charge on any atom is 0.346 e. The fraction of sp³-hybridized carbons (Fsp3) is 0.154. The number of esters is 1. The number of aryl methyl sites for hydroxylation is 1. The van der Waals surface area contributed by atoms with E-state index in [2.05, 4.69) is 30.9 Å². The Balaban J connectivity index is 1.89. The highest BCUT2D eigenvalue weighted by molar-refractivity contribution is 9.10. The van der Waals surface area contributed by atoms with Crippen molar-refractivity contribution < 1.29 is 18.8 Å². The van der Waals surface area contributed by atoms with Gasteiger partial charge < -0.3 is 20.3 Å². The normalized spacial score (nSPS) is 10.2. The average Bonchev–Trinajstić information content (AvgIpc) is 2.78. The molecule has 2 aromatic rings. The van der Waals surface area contributed by atoms with Gasteiger partial charge in [-0.25, -0.2) is 4.79 Å². The number of nitrogens with two attached hydrogens (primary N) is 1. The number of amides is 1. The second kappa shape index (κ2) is 6.40. The Morgan fingerprint density at radius 3 is 2.62 bits per heavy atom. The number of hydrogen-bond donors (Lipinski definition) is 2. The summed E-state index contributed by atoms with van der Waals surface area (Å²) in [6, 6.07) is 6.99. The molecule has 0 saturated heterocycles. The number of anilines is 2. The lowest BCUT2D eigenvalue weighted by Gasteiger charge is -2.06. The summed E-state index contributed by atoms with van der Waals surface area (Å²) in [6.07, 6.45) is 0. The summed E-state index contributed by atoms with van der Waals surface area (Å²) in [6.45, 7) is 1.12. The summed E-state index contributed by atoms with van der Waals surface area (Å²) >= 11 is 3.29. The molecule has 1 aromatic heterocycles. The second-order valence-electron chi connectivity index (χ2n) is 4.14. The van der Waals surface area contributed by atoms with Crippen LogP contribution in [0.25, 0.3) is 0 Å². The molecule has 0 atom stereocenters. The standard InChI is InChI=1S/C13H12BrN3O4/c1-7-11(12(15)21-17-7)13(19)20-6-10(18)16-9-4-2-8(14)3-5-9/h2-5H,6,15H2,1H3,(H,16,18). The highest BCUT2D eigenvalue weighted by Crippen LogP contribution is 2.17. The molecule has 0 fully saturated rings. The van der Waals surface area contributed by atoms with Gasteiger partial charge in [-0.2, -0.15) is 0 Å². The van der Waals surface area contributed by atoms with Gasteiger partial charge >= 0.3 is 5.97 Å². The van der Waals surface area contributed by atoms with Gasteiger partial charge in [-0.15, -0.1) is 0 Å². The molecular formula is C13H12BrN3O4. The molecule has 2 rings (SSSR count). The molecule has 1 aromatic carbocycles. The van der Waals surface area contributed by atoms with Crippen molar-refractivity contribution >= 4 is 39.4 Å². The summed E-state index contributed by atoms with van der Waals surface area (Å²) in [5.41, 5.74) is 6.39. The molecule has 1 heterocycles. The largest absolute Gasteiger partial charge is 0.452 e. The molecule has 21 heavy (non-hydrogen) atoms. The van der Waals surface area contributed by atoms with Crippen molar-refractivity contribution in [2.24, 2.45) is 0 Å². The third-order valence-electron chi connectivity index (χ3n) is 2.56. The summed E-state index contributed by atoms with van der Waals surface area (Å²) < 4.78 is 10.4. The number of aromatic nitrogens is 1. The van der Waals surface area contributed by atoms with Gasteiger partial charge in [0.05, 0.1) is 5.69 Å². The molecule has 0 spiro atoms. The van der Waals surface area contributed by atoms with Gasteiger partial charge in [-0.1, -0.05) is 21.1 Å². The first-order valence-electron chi connectivity index (χ1n) is 5.91. The second-order valence-corrected chi connectivity index (χ2v) is 5.05. The van der Waals surface area contributed by atoms with E-state index in [1.165, 1.54) is 0 Å². The third kappa shape index (κ3) is 3.82. The molecule has 0 aliphatic rings. The van der Waals surface area contributed by atoms with Crippen LogP contribution in [0.5, 0.6) is 0 Å². The van der Waals surface area contributed by atoms with Crippen LogP contribution in [-0.2, 0) is 9.53 Å². The van der Waals surface area contributed by atoms with E-state index in [0.717, 1.165) is 4.47 Å². The number of nitrogen functional groups attached to an aromatic ring is 1. The molecule has 1 amide bonds. The number of carbonyl (C=O) groups is 2. The summed E-state index contributed by atoms with van der Waals surface area (Å²) in [5, 5.41) is 6.13. The zero-order chi connectivity index (χ0) is 15.4. The van der Waals surface area contributed by atoms with Gasteiger partial charge in [0, 0.05) is 10.2 Å². The Labute approximate surface area is 128 Å². The summed E-state index contributed by atoms with van der Waals surface area (Å²) in [7, 11) is 0. The van der Waals surface area contributed by atoms with Gasteiger partial charge in [-0.3, -0.25) is 4.79 Å². The maximum absolute atomic E-state index is 11.8. The van der Waals surface area contributed by atoms with Crippen molar-refractivity contribution in [3.63, 3.8) is 0 Å². The minimum atomic E-state index is -0.753. The average molecular weight is 354 g/mol. The first-order chi connectivity index (χ1) is 9.97. The van der Waals surface area contributed by atoms with E-state index in [4.69, 9.17) is 10.5 Å². The Hall–Kier alpha value is -2.35. The van der Waals surface area contributed by atoms with Gasteiger partial charge in [0.15, 0.2) is 6.61 Å². The Morgan fingerprint density at radius 1 is 1.38 bits per heavy atom. The van der Waals surface area contributed by atoms with Crippen LogP contribution < -0.4 is 11.1 Å². The zero-order valence-electron chi connectivity index (χ0n) is 11.1. The van der Waals surface area contributed by atoms with Crippen molar-refractivity contribution in [2.45, 2.75) is 6.92 Å². The fourth-order valence-corrected chi connectivity index (χ4v) is 1.83. The molecule has 7 nitrogen and oxygen atoms in total. The number of nitrogens with zero attached hydrogens (tertiary/aromatic N) is 1. The quantitative estimate of drug-likeness (QED) is 0.815. The fourth-order valence-electron chi connectivity index (χ4n) is 1.57. The van der Waals surface area contributed by atoms with Crippen LogP contribution in [0.15, 0.2) is 33.3 Å². The minimum Gasteiger partial charge on any atom is -0.452 e. The van der Waals surface area contributed by atoms with E-state index in [-0.39, 0.29) is 11.4 Å². The van der Waals surface area contributed by atoms with E-state index in [1.807, 2.05) is 0 Å². The number of hydrogen-bond acceptors (Lipinski definition) is 6. The molecule has 0 aliphatic carbocycles. The molecule has 0 radical (unpaired) electrons. The van der Waals surface area contributed by atoms with Gasteiger partial charge in [0.2, 0.25) is 5.88 Å². The Kier molecular flexibility index (Phi) is 4.59. The SMILES string of the molecule is Cc1noc(N)c1C(=O)OCC(=O)Nc1ccc(Br)cc1. The first-order valence-corrected chi connectivity index (χ1v) is 6.71. The number of nitrogens with one attached hydrogen (secondary N) is 1. The van der Waals surface area contributed by atoms with Gasteiger partial charge in [0.1, 0.15) is 5.56 Å². The molecule has 8 heteroatoms. The summed E-state index contributed by atoms with van der Waals surface area (Å²) in [5.74, 6) is -1.35. The number of halogens is 1.